The van der Waals surface area contributed by atoms with Crippen molar-refractivity contribution in [2.75, 3.05) is 0 Å². The number of carbonyl (C=O) groups is 1. The van der Waals surface area contributed by atoms with Gasteiger partial charge in [-0.3, -0.25) is 4.79 Å². The van der Waals surface area contributed by atoms with Crippen LogP contribution in [0.25, 0.3) is 5.57 Å². The Morgan fingerprint density at radius 2 is 2.46 bits per heavy atom. The number of hydrogen-bond donors (Lipinski definition) is 1. The summed E-state index contributed by atoms with van der Waals surface area (Å²) in [4.78, 5) is 14.8. The minimum absolute atomic E-state index is 0.311. The van der Waals surface area contributed by atoms with E-state index in [1.54, 1.807) is 12.5 Å². The number of carbonyl (C=O) groups excluding carboxylic acids is 1. The number of nitrogens with two attached hydrogens (primary N) is 1. The molecule has 1 aromatic heterocycles. The number of amides is 1. The van der Waals surface area contributed by atoms with Crippen molar-refractivity contribution < 1.29 is 4.79 Å². The van der Waals surface area contributed by atoms with Gasteiger partial charge in [-0.05, 0) is 6.42 Å². The molecule has 0 radical (unpaired) electrons. The fraction of sp³-hybridized carbons (Fsp3) is 0.333. The van der Waals surface area contributed by atoms with Crippen molar-refractivity contribution in [3.63, 3.8) is 0 Å². The molecule has 70 valence electrons. The molecule has 1 aromatic rings. The maximum atomic E-state index is 10.8. The lowest BCUT2D eigenvalue weighted by molar-refractivity contribution is -0.112. The Kier molecular flexibility index (Phi) is 2.84. The van der Waals surface area contributed by atoms with Crippen molar-refractivity contribution in [2.24, 2.45) is 5.73 Å². The molecule has 1 amide bonds. The predicted molar refractivity (Wildman–Crippen MR) is 50.7 cm³/mol. The molecular formula is C9H13N3O. The van der Waals surface area contributed by atoms with Crippen molar-refractivity contribution in [2.45, 2.75) is 19.9 Å². The lowest BCUT2D eigenvalue weighted by Gasteiger charge is -2.05. The summed E-state index contributed by atoms with van der Waals surface area (Å²) < 4.78 is 1.87. The maximum Gasteiger partial charge on any atom is 0.250 e. The van der Waals surface area contributed by atoms with Gasteiger partial charge in [0, 0.05) is 6.54 Å². The highest BCUT2D eigenvalue weighted by Crippen LogP contribution is 2.11. The fourth-order valence-electron chi connectivity index (χ4n) is 1.12. The number of nitrogens with zero attached hydrogens (tertiary/aromatic N) is 2. The number of primary amides is 1. The van der Waals surface area contributed by atoms with Crippen LogP contribution in [0.1, 0.15) is 19.0 Å². The predicted octanol–water partition coefficient (Wildman–Crippen LogP) is 0.792. The molecule has 0 aromatic carbocycles. The Bertz CT molecular complexity index is 327. The standard InChI is InChI=1S/C9H13N3O/c1-3-4-12-6-11-5-8(12)7(2)9(10)13/h5-6H,2-4H2,1H3,(H2,10,13). The van der Waals surface area contributed by atoms with Gasteiger partial charge < -0.3 is 10.3 Å². The van der Waals surface area contributed by atoms with E-state index in [-0.39, 0.29) is 0 Å². The smallest absolute Gasteiger partial charge is 0.250 e. The van der Waals surface area contributed by atoms with Gasteiger partial charge in [0.1, 0.15) is 0 Å². The summed E-state index contributed by atoms with van der Waals surface area (Å²) in [6.07, 6.45) is 4.26. The Labute approximate surface area is 77.1 Å². The molecule has 0 atom stereocenters. The first-order valence-corrected chi connectivity index (χ1v) is 4.16. The van der Waals surface area contributed by atoms with Gasteiger partial charge in [-0.1, -0.05) is 13.5 Å². The zero-order chi connectivity index (χ0) is 9.84. The molecule has 1 rings (SSSR count). The van der Waals surface area contributed by atoms with Crippen LogP contribution in [-0.2, 0) is 11.3 Å². The number of hydrogen-bond acceptors (Lipinski definition) is 2. The average Bonchev–Trinajstić information content (AvgIpc) is 2.52. The summed E-state index contributed by atoms with van der Waals surface area (Å²) in [6.45, 7) is 6.48. The molecule has 0 aliphatic rings. The first kappa shape index (κ1) is 9.51. The summed E-state index contributed by atoms with van der Waals surface area (Å²) in [6, 6.07) is 0. The van der Waals surface area contributed by atoms with E-state index in [4.69, 9.17) is 5.73 Å². The van der Waals surface area contributed by atoms with Crippen LogP contribution in [0.5, 0.6) is 0 Å². The second-order valence-corrected chi connectivity index (χ2v) is 2.82. The Hall–Kier alpha value is -1.58. The average molecular weight is 179 g/mol. The second-order valence-electron chi connectivity index (χ2n) is 2.82. The first-order valence-electron chi connectivity index (χ1n) is 4.16. The lowest BCUT2D eigenvalue weighted by atomic mass is 10.2. The van der Waals surface area contributed by atoms with Crippen LogP contribution in [0.2, 0.25) is 0 Å². The molecule has 0 aliphatic carbocycles. The monoisotopic (exact) mass is 179 g/mol. The minimum Gasteiger partial charge on any atom is -0.366 e. The van der Waals surface area contributed by atoms with Crippen LogP contribution >= 0.6 is 0 Å². The van der Waals surface area contributed by atoms with Gasteiger partial charge in [-0.2, -0.15) is 0 Å². The zero-order valence-electron chi connectivity index (χ0n) is 7.66. The van der Waals surface area contributed by atoms with Crippen molar-refractivity contribution >= 4 is 11.5 Å². The van der Waals surface area contributed by atoms with Crippen molar-refractivity contribution in [3.05, 3.63) is 24.8 Å². The molecular weight excluding hydrogens is 166 g/mol. The van der Waals surface area contributed by atoms with E-state index < -0.39 is 5.91 Å². The Morgan fingerprint density at radius 1 is 1.77 bits per heavy atom. The largest absolute Gasteiger partial charge is 0.366 e. The van der Waals surface area contributed by atoms with Crippen molar-refractivity contribution in [1.82, 2.24) is 9.55 Å². The van der Waals surface area contributed by atoms with E-state index in [0.717, 1.165) is 13.0 Å². The highest BCUT2D eigenvalue weighted by atomic mass is 16.1. The second kappa shape index (κ2) is 3.89. The van der Waals surface area contributed by atoms with E-state index in [9.17, 15) is 4.79 Å². The fourth-order valence-corrected chi connectivity index (χ4v) is 1.12. The highest BCUT2D eigenvalue weighted by Gasteiger charge is 2.09. The van der Waals surface area contributed by atoms with Crippen LogP contribution in [0.15, 0.2) is 19.1 Å². The third-order valence-electron chi connectivity index (χ3n) is 1.78. The van der Waals surface area contributed by atoms with E-state index in [1.165, 1.54) is 0 Å². The Balaban J connectivity index is 2.93. The molecule has 2 N–H and O–H groups in total. The lowest BCUT2D eigenvalue weighted by Crippen LogP contribution is -2.14. The van der Waals surface area contributed by atoms with Crippen LogP contribution in [0.3, 0.4) is 0 Å². The third kappa shape index (κ3) is 1.96. The zero-order valence-corrected chi connectivity index (χ0v) is 7.66. The third-order valence-corrected chi connectivity index (χ3v) is 1.78. The molecule has 4 nitrogen and oxygen atoms in total. The van der Waals surface area contributed by atoms with Crippen LogP contribution < -0.4 is 5.73 Å². The SMILES string of the molecule is C=C(C(N)=O)c1cncn1CCC. The summed E-state index contributed by atoms with van der Waals surface area (Å²) in [7, 11) is 0. The normalized spacial score (nSPS) is 9.92. The summed E-state index contributed by atoms with van der Waals surface area (Å²) in [5, 5.41) is 0. The maximum absolute atomic E-state index is 10.8. The quantitative estimate of drug-likeness (QED) is 0.695. The molecule has 0 unspecified atom stereocenters. The summed E-state index contributed by atoms with van der Waals surface area (Å²) in [5.74, 6) is -0.502. The van der Waals surface area contributed by atoms with Crippen molar-refractivity contribution in [3.8, 4) is 0 Å². The number of aromatic nitrogens is 2. The van der Waals surface area contributed by atoms with Gasteiger partial charge in [0.05, 0.1) is 23.8 Å². The van der Waals surface area contributed by atoms with Crippen LogP contribution in [-0.4, -0.2) is 15.5 Å². The van der Waals surface area contributed by atoms with E-state index in [1.807, 2.05) is 4.57 Å². The molecule has 0 fully saturated rings. The molecule has 4 heteroatoms. The molecule has 1 heterocycles. The molecule has 0 saturated heterocycles. The summed E-state index contributed by atoms with van der Waals surface area (Å²) in [5.41, 5.74) is 6.13. The van der Waals surface area contributed by atoms with Gasteiger partial charge in [0.25, 0.3) is 0 Å². The van der Waals surface area contributed by atoms with Crippen LogP contribution in [0.4, 0.5) is 0 Å². The van der Waals surface area contributed by atoms with Gasteiger partial charge in [-0.15, -0.1) is 0 Å². The first-order chi connectivity index (χ1) is 6.16. The van der Waals surface area contributed by atoms with Crippen LogP contribution in [0, 0.1) is 0 Å². The minimum atomic E-state index is -0.502. The highest BCUT2D eigenvalue weighted by molar-refractivity contribution is 6.17. The van der Waals surface area contributed by atoms with Crippen molar-refractivity contribution in [1.29, 1.82) is 0 Å². The van der Waals surface area contributed by atoms with E-state index >= 15 is 0 Å². The molecule has 0 bridgehead atoms. The van der Waals surface area contributed by atoms with Gasteiger partial charge >= 0.3 is 0 Å². The number of rotatable bonds is 4. The number of imidazole rings is 1. The van der Waals surface area contributed by atoms with E-state index in [2.05, 4.69) is 18.5 Å². The molecule has 0 spiro atoms. The number of aryl methyl sites for hydroxylation is 1. The van der Waals surface area contributed by atoms with Gasteiger partial charge in [-0.25, -0.2) is 4.98 Å². The Morgan fingerprint density at radius 3 is 3.00 bits per heavy atom. The van der Waals surface area contributed by atoms with E-state index in [0.29, 0.717) is 11.3 Å². The molecule has 0 saturated carbocycles. The topological polar surface area (TPSA) is 60.9 Å². The van der Waals surface area contributed by atoms with Gasteiger partial charge in [0.2, 0.25) is 5.91 Å². The van der Waals surface area contributed by atoms with Gasteiger partial charge in [0.15, 0.2) is 0 Å². The summed E-state index contributed by atoms with van der Waals surface area (Å²) >= 11 is 0. The molecule has 13 heavy (non-hydrogen) atoms. The molecule has 0 aliphatic heterocycles.